The number of rotatable bonds is 6. The normalized spacial score (nSPS) is 37.8. The minimum absolute atomic E-state index is 0.152. The molecule has 4 aliphatic rings. The summed E-state index contributed by atoms with van der Waals surface area (Å²) in [5.41, 5.74) is 0. The molecule has 0 aromatic carbocycles. The van der Waals surface area contributed by atoms with Gasteiger partial charge in [-0.05, 0) is 13.8 Å². The Morgan fingerprint density at radius 3 is 1.97 bits per heavy atom. The average Bonchev–Trinajstić information content (AvgIpc) is 3.56. The van der Waals surface area contributed by atoms with Gasteiger partial charge in [0.15, 0.2) is 24.7 Å². The molecule has 0 bridgehead atoms. The van der Waals surface area contributed by atoms with E-state index >= 15 is 0 Å². The zero-order chi connectivity index (χ0) is 26.0. The molecule has 0 aromatic rings. The van der Waals surface area contributed by atoms with Crippen molar-refractivity contribution in [2.24, 2.45) is 0 Å². The molecule has 4 rings (SSSR count). The summed E-state index contributed by atoms with van der Waals surface area (Å²) in [7, 11) is 3.02. The third kappa shape index (κ3) is 10.4. The molecule has 0 radical (unpaired) electrons. The largest absolute Gasteiger partial charge is 0.394 e. The Hall–Kier alpha value is -0.520. The molecule has 2 unspecified atom stereocenters. The second-order valence-electron chi connectivity index (χ2n) is 9.04. The van der Waals surface area contributed by atoms with E-state index < -0.39 is 36.3 Å². The summed E-state index contributed by atoms with van der Waals surface area (Å²) in [6.07, 6.45) is -3.20. The summed E-state index contributed by atoms with van der Waals surface area (Å²) in [6.45, 7) is 5.29. The average molecular weight is 515 g/mol. The molecular weight excluding hydrogens is 472 g/mol. The van der Waals surface area contributed by atoms with Crippen LogP contribution in [0.5, 0.6) is 0 Å². The Bertz CT molecular complexity index is 570. The lowest BCUT2D eigenvalue weighted by Gasteiger charge is -2.29. The van der Waals surface area contributed by atoms with Crippen LogP contribution in [-0.2, 0) is 37.9 Å². The fourth-order valence-electron chi connectivity index (χ4n) is 3.71. The first-order chi connectivity index (χ1) is 16.6. The number of aliphatic hydroxyl groups excluding tert-OH is 5. The highest BCUT2D eigenvalue weighted by Crippen LogP contribution is 2.26. The van der Waals surface area contributed by atoms with Gasteiger partial charge in [0.2, 0.25) is 0 Å². The Labute approximate surface area is 205 Å². The van der Waals surface area contributed by atoms with Crippen molar-refractivity contribution in [2.75, 3.05) is 47.3 Å². The monoisotopic (exact) mass is 514 g/mol. The van der Waals surface area contributed by atoms with Crippen LogP contribution in [0.1, 0.15) is 33.1 Å². The van der Waals surface area contributed by atoms with Gasteiger partial charge in [-0.1, -0.05) is 0 Å². The number of methoxy groups -OCH3 is 2. The molecular formula is C22H42O13. The summed E-state index contributed by atoms with van der Waals surface area (Å²) in [6, 6.07) is 0. The van der Waals surface area contributed by atoms with Crippen molar-refractivity contribution in [1.29, 1.82) is 0 Å². The van der Waals surface area contributed by atoms with Gasteiger partial charge in [0.1, 0.15) is 18.3 Å². The van der Waals surface area contributed by atoms with Gasteiger partial charge < -0.3 is 63.4 Å². The van der Waals surface area contributed by atoms with Crippen molar-refractivity contribution in [3.05, 3.63) is 0 Å². The molecule has 4 heterocycles. The molecule has 4 fully saturated rings. The van der Waals surface area contributed by atoms with Gasteiger partial charge in [-0.15, -0.1) is 0 Å². The van der Waals surface area contributed by atoms with E-state index in [-0.39, 0.29) is 38.2 Å². The molecule has 4 saturated heterocycles. The van der Waals surface area contributed by atoms with Gasteiger partial charge >= 0.3 is 0 Å². The maximum absolute atomic E-state index is 9.88. The zero-order valence-corrected chi connectivity index (χ0v) is 20.9. The molecule has 0 amide bonds. The SMILES string of the molecule is CC1(C)OC[C@@H]([C@H](O)CC2OCCO2)O1.COC1C[C@@H](O)[C@@H](O)CO1.COC1C[C@@H](O)[C@H](CO)O1. The van der Waals surface area contributed by atoms with Gasteiger partial charge in [0.25, 0.3) is 0 Å². The Kier molecular flexibility index (Phi) is 13.2. The van der Waals surface area contributed by atoms with Crippen molar-refractivity contribution < 1.29 is 63.4 Å². The molecule has 0 aliphatic carbocycles. The van der Waals surface area contributed by atoms with E-state index in [9.17, 15) is 5.11 Å². The lowest BCUT2D eigenvalue weighted by molar-refractivity contribution is -0.206. The highest BCUT2D eigenvalue weighted by molar-refractivity contribution is 4.79. The van der Waals surface area contributed by atoms with Gasteiger partial charge in [-0.2, -0.15) is 0 Å². The summed E-state index contributed by atoms with van der Waals surface area (Å²) >= 11 is 0. The van der Waals surface area contributed by atoms with Crippen LogP contribution >= 0.6 is 0 Å². The summed E-state index contributed by atoms with van der Waals surface area (Å²) in [4.78, 5) is 0. The van der Waals surface area contributed by atoms with E-state index in [4.69, 9.17) is 58.3 Å². The Morgan fingerprint density at radius 2 is 1.51 bits per heavy atom. The van der Waals surface area contributed by atoms with Crippen molar-refractivity contribution >= 4 is 0 Å². The molecule has 4 aliphatic heterocycles. The number of hydrogen-bond donors (Lipinski definition) is 5. The van der Waals surface area contributed by atoms with Crippen LogP contribution in [0.25, 0.3) is 0 Å². The first-order valence-electron chi connectivity index (χ1n) is 11.8. The number of hydrogen-bond acceptors (Lipinski definition) is 13. The molecule has 5 N–H and O–H groups in total. The molecule has 13 heteroatoms. The maximum Gasteiger partial charge on any atom is 0.163 e. The highest BCUT2D eigenvalue weighted by Gasteiger charge is 2.38. The number of ether oxygens (including phenoxy) is 8. The first kappa shape index (κ1) is 30.7. The Balaban J connectivity index is 0.000000192. The van der Waals surface area contributed by atoms with Gasteiger partial charge in [0, 0.05) is 33.5 Å². The predicted molar refractivity (Wildman–Crippen MR) is 118 cm³/mol. The minimum atomic E-state index is -0.758. The molecule has 35 heavy (non-hydrogen) atoms. The van der Waals surface area contributed by atoms with Crippen LogP contribution in [0.2, 0.25) is 0 Å². The molecule has 0 saturated carbocycles. The third-order valence-electron chi connectivity index (χ3n) is 5.81. The van der Waals surface area contributed by atoms with Crippen molar-refractivity contribution in [3.8, 4) is 0 Å². The zero-order valence-electron chi connectivity index (χ0n) is 20.9. The fraction of sp³-hybridized carbons (Fsp3) is 1.00. The maximum atomic E-state index is 9.88. The lowest BCUT2D eigenvalue weighted by atomic mass is 10.1. The van der Waals surface area contributed by atoms with Crippen LogP contribution in [0.15, 0.2) is 0 Å². The van der Waals surface area contributed by atoms with E-state index in [1.54, 1.807) is 0 Å². The van der Waals surface area contributed by atoms with Crippen LogP contribution < -0.4 is 0 Å². The van der Waals surface area contributed by atoms with Crippen molar-refractivity contribution in [2.45, 2.75) is 94.4 Å². The van der Waals surface area contributed by atoms with Crippen molar-refractivity contribution in [1.82, 2.24) is 0 Å². The standard InChI is InChI=1S/C10H18O5.2C6H12O4/c1-10(2)14-6-8(15-10)7(11)5-9-12-3-4-13-9;1-9-6-2-4(7)5(8)3-10-6;1-9-6-2-4(8)5(3-7)10-6/h7-9,11H,3-6H2,1-2H3;2*4-8H,2-3H2,1H3/t7-,8+;2*4-,5+,6?/m111/s1. The second-order valence-corrected chi connectivity index (χ2v) is 9.04. The van der Waals surface area contributed by atoms with Crippen LogP contribution in [0, 0.1) is 0 Å². The number of aliphatic hydroxyl groups is 5. The third-order valence-corrected chi connectivity index (χ3v) is 5.81. The lowest BCUT2D eigenvalue weighted by Crippen LogP contribution is -2.41. The second kappa shape index (κ2) is 15.0. The van der Waals surface area contributed by atoms with E-state index in [1.807, 2.05) is 13.8 Å². The Morgan fingerprint density at radius 1 is 0.886 bits per heavy atom. The van der Waals surface area contributed by atoms with Gasteiger partial charge in [-0.3, -0.25) is 0 Å². The topological polar surface area (TPSA) is 175 Å². The molecule has 208 valence electrons. The van der Waals surface area contributed by atoms with E-state index in [2.05, 4.69) is 0 Å². The van der Waals surface area contributed by atoms with Crippen LogP contribution in [0.3, 0.4) is 0 Å². The van der Waals surface area contributed by atoms with E-state index in [0.29, 0.717) is 39.1 Å². The van der Waals surface area contributed by atoms with Crippen molar-refractivity contribution in [3.63, 3.8) is 0 Å². The quantitative estimate of drug-likeness (QED) is 0.276. The van der Waals surface area contributed by atoms with E-state index in [0.717, 1.165) is 0 Å². The van der Waals surface area contributed by atoms with Crippen LogP contribution in [-0.4, -0.2) is 134 Å². The molecule has 13 nitrogen and oxygen atoms in total. The summed E-state index contributed by atoms with van der Waals surface area (Å²) < 4.78 is 41.1. The summed E-state index contributed by atoms with van der Waals surface area (Å²) in [5, 5.41) is 45.6. The summed E-state index contributed by atoms with van der Waals surface area (Å²) in [5.74, 6) is -0.594. The molecule has 0 spiro atoms. The van der Waals surface area contributed by atoms with Gasteiger partial charge in [-0.25, -0.2) is 0 Å². The fourth-order valence-corrected chi connectivity index (χ4v) is 3.71. The minimum Gasteiger partial charge on any atom is -0.394 e. The molecule has 0 aromatic heterocycles. The van der Waals surface area contributed by atoms with Gasteiger partial charge in [0.05, 0.1) is 51.3 Å². The first-order valence-corrected chi connectivity index (χ1v) is 11.8. The predicted octanol–water partition coefficient (Wildman–Crippen LogP) is -1.54. The smallest absolute Gasteiger partial charge is 0.163 e. The highest BCUT2D eigenvalue weighted by atomic mass is 16.7. The van der Waals surface area contributed by atoms with E-state index in [1.165, 1.54) is 14.2 Å². The van der Waals surface area contributed by atoms with Crippen LogP contribution in [0.4, 0.5) is 0 Å². The molecule has 8 atom stereocenters.